The fraction of sp³-hybridized carbons (Fsp3) is 0.400. The SMILES string of the molecule is Cl.N=C(NC(=N)NN1CC=CC1)NN1CC=CC1. The Hall–Kier alpha value is -1.57. The van der Waals surface area contributed by atoms with E-state index in [0.717, 1.165) is 26.2 Å². The molecule has 0 aromatic rings. The highest BCUT2D eigenvalue weighted by Crippen LogP contribution is 1.94. The first kappa shape index (κ1) is 14.5. The minimum atomic E-state index is 0. The molecule has 0 aromatic heterocycles. The van der Waals surface area contributed by atoms with E-state index in [9.17, 15) is 0 Å². The van der Waals surface area contributed by atoms with Crippen molar-refractivity contribution in [2.75, 3.05) is 26.2 Å². The Morgan fingerprint density at radius 3 is 1.44 bits per heavy atom. The van der Waals surface area contributed by atoms with Crippen molar-refractivity contribution in [1.82, 2.24) is 26.2 Å². The van der Waals surface area contributed by atoms with Crippen molar-refractivity contribution >= 4 is 24.3 Å². The molecule has 0 bridgehead atoms. The molecule has 0 aromatic carbocycles. The fourth-order valence-electron chi connectivity index (χ4n) is 1.64. The average molecular weight is 272 g/mol. The van der Waals surface area contributed by atoms with Crippen molar-refractivity contribution in [1.29, 1.82) is 10.8 Å². The summed E-state index contributed by atoms with van der Waals surface area (Å²) in [7, 11) is 0. The van der Waals surface area contributed by atoms with E-state index in [1.54, 1.807) is 0 Å². The highest BCUT2D eigenvalue weighted by atomic mass is 35.5. The lowest BCUT2D eigenvalue weighted by molar-refractivity contribution is 0.297. The summed E-state index contributed by atoms with van der Waals surface area (Å²) < 4.78 is 0. The van der Waals surface area contributed by atoms with E-state index < -0.39 is 0 Å². The summed E-state index contributed by atoms with van der Waals surface area (Å²) in [6, 6.07) is 0. The molecule has 8 heteroatoms. The summed E-state index contributed by atoms with van der Waals surface area (Å²) in [5.41, 5.74) is 5.73. The predicted octanol–water partition coefficient (Wildman–Crippen LogP) is -0.380. The molecule has 2 aliphatic rings. The van der Waals surface area contributed by atoms with E-state index >= 15 is 0 Å². The van der Waals surface area contributed by atoms with Crippen LogP contribution in [0.15, 0.2) is 24.3 Å². The van der Waals surface area contributed by atoms with Gasteiger partial charge in [-0.05, 0) is 0 Å². The van der Waals surface area contributed by atoms with Crippen LogP contribution in [0.2, 0.25) is 0 Å². The maximum atomic E-state index is 7.65. The number of hydrogen-bond acceptors (Lipinski definition) is 4. The van der Waals surface area contributed by atoms with E-state index in [0.29, 0.717) is 0 Å². The van der Waals surface area contributed by atoms with Crippen molar-refractivity contribution in [3.8, 4) is 0 Å². The molecule has 100 valence electrons. The van der Waals surface area contributed by atoms with Crippen LogP contribution in [0.5, 0.6) is 0 Å². The number of hydrazine groups is 2. The Labute approximate surface area is 112 Å². The first-order valence-corrected chi connectivity index (χ1v) is 5.51. The Balaban J connectivity index is 0.00000162. The van der Waals surface area contributed by atoms with Gasteiger partial charge in [0.25, 0.3) is 0 Å². The maximum Gasteiger partial charge on any atom is 0.210 e. The number of nitrogens with zero attached hydrogens (tertiary/aromatic N) is 2. The lowest BCUT2D eigenvalue weighted by atomic mass is 10.6. The number of rotatable bonds is 2. The Kier molecular flexibility index (Phi) is 5.63. The molecule has 0 saturated heterocycles. The van der Waals surface area contributed by atoms with E-state index in [1.807, 2.05) is 34.3 Å². The molecule has 0 radical (unpaired) electrons. The standard InChI is InChI=1S/C10H17N7.ClH/c11-9(14-16-5-1-2-6-16)13-10(12)15-17-7-3-4-8-17;/h1-4H,5-8H2,(H5,11,12,13,14,15);1H. The molecule has 0 amide bonds. The molecule has 0 unspecified atom stereocenters. The molecule has 5 N–H and O–H groups in total. The van der Waals surface area contributed by atoms with Gasteiger partial charge in [0.2, 0.25) is 11.9 Å². The van der Waals surface area contributed by atoms with Gasteiger partial charge in [-0.2, -0.15) is 0 Å². The van der Waals surface area contributed by atoms with Gasteiger partial charge in [-0.25, -0.2) is 10.0 Å². The van der Waals surface area contributed by atoms with Crippen molar-refractivity contribution in [2.45, 2.75) is 0 Å². The highest BCUT2D eigenvalue weighted by Gasteiger charge is 2.10. The van der Waals surface area contributed by atoms with Gasteiger partial charge in [-0.1, -0.05) is 24.3 Å². The van der Waals surface area contributed by atoms with Crippen LogP contribution in [-0.4, -0.2) is 48.1 Å². The monoisotopic (exact) mass is 271 g/mol. The molecular weight excluding hydrogens is 254 g/mol. The predicted molar refractivity (Wildman–Crippen MR) is 73.5 cm³/mol. The minimum absolute atomic E-state index is 0. The van der Waals surface area contributed by atoms with Gasteiger partial charge < -0.3 is 0 Å². The van der Waals surface area contributed by atoms with Crippen LogP contribution in [0, 0.1) is 10.8 Å². The highest BCUT2D eigenvalue weighted by molar-refractivity contribution is 5.95. The molecule has 18 heavy (non-hydrogen) atoms. The number of hydrogen-bond donors (Lipinski definition) is 5. The summed E-state index contributed by atoms with van der Waals surface area (Å²) in [5.74, 6) is 0.191. The van der Waals surface area contributed by atoms with Crippen molar-refractivity contribution in [3.05, 3.63) is 24.3 Å². The third kappa shape index (κ3) is 4.36. The van der Waals surface area contributed by atoms with Crippen LogP contribution in [0.25, 0.3) is 0 Å². The average Bonchev–Trinajstić information content (AvgIpc) is 2.90. The van der Waals surface area contributed by atoms with Gasteiger partial charge in [-0.3, -0.25) is 27.0 Å². The summed E-state index contributed by atoms with van der Waals surface area (Å²) in [6.07, 6.45) is 8.11. The summed E-state index contributed by atoms with van der Waals surface area (Å²) in [6.45, 7) is 3.11. The Morgan fingerprint density at radius 2 is 1.11 bits per heavy atom. The Morgan fingerprint density at radius 1 is 0.778 bits per heavy atom. The first-order chi connectivity index (χ1) is 8.24. The normalized spacial score (nSPS) is 18.4. The quantitative estimate of drug-likeness (QED) is 0.268. The van der Waals surface area contributed by atoms with Crippen LogP contribution in [0.4, 0.5) is 0 Å². The van der Waals surface area contributed by atoms with Crippen LogP contribution < -0.4 is 16.2 Å². The Bertz CT molecular complexity index is 315. The first-order valence-electron chi connectivity index (χ1n) is 5.51. The van der Waals surface area contributed by atoms with Gasteiger partial charge in [-0.15, -0.1) is 12.4 Å². The summed E-state index contributed by atoms with van der Waals surface area (Å²) in [4.78, 5) is 0. The molecule has 0 spiro atoms. The maximum absolute atomic E-state index is 7.65. The van der Waals surface area contributed by atoms with Crippen LogP contribution >= 0.6 is 12.4 Å². The van der Waals surface area contributed by atoms with Crippen molar-refractivity contribution < 1.29 is 0 Å². The van der Waals surface area contributed by atoms with Crippen molar-refractivity contribution in [2.24, 2.45) is 0 Å². The summed E-state index contributed by atoms with van der Waals surface area (Å²) >= 11 is 0. The van der Waals surface area contributed by atoms with E-state index in [2.05, 4.69) is 16.2 Å². The number of halogens is 1. The van der Waals surface area contributed by atoms with Crippen LogP contribution in [0.3, 0.4) is 0 Å². The molecule has 0 fully saturated rings. The van der Waals surface area contributed by atoms with E-state index in [4.69, 9.17) is 10.8 Å². The molecular formula is C10H18ClN7. The van der Waals surface area contributed by atoms with Gasteiger partial charge in [0.05, 0.1) is 0 Å². The molecule has 2 heterocycles. The van der Waals surface area contributed by atoms with E-state index in [-0.39, 0.29) is 24.3 Å². The zero-order valence-electron chi connectivity index (χ0n) is 9.94. The largest absolute Gasteiger partial charge is 0.295 e. The third-order valence-corrected chi connectivity index (χ3v) is 2.43. The van der Waals surface area contributed by atoms with Gasteiger partial charge >= 0.3 is 0 Å². The van der Waals surface area contributed by atoms with E-state index in [1.165, 1.54) is 0 Å². The smallest absolute Gasteiger partial charge is 0.210 e. The number of guanidine groups is 2. The van der Waals surface area contributed by atoms with Crippen molar-refractivity contribution in [3.63, 3.8) is 0 Å². The second kappa shape index (κ2) is 7.00. The molecule has 2 rings (SSSR count). The molecule has 0 saturated carbocycles. The second-order valence-electron chi connectivity index (χ2n) is 3.85. The zero-order chi connectivity index (χ0) is 12.1. The molecule has 2 aliphatic heterocycles. The third-order valence-electron chi connectivity index (χ3n) is 2.43. The minimum Gasteiger partial charge on any atom is -0.295 e. The van der Waals surface area contributed by atoms with Gasteiger partial charge in [0, 0.05) is 26.2 Å². The number of nitrogens with one attached hydrogen (secondary N) is 5. The lowest BCUT2D eigenvalue weighted by Crippen LogP contribution is -2.54. The summed E-state index contributed by atoms with van der Waals surface area (Å²) in [5, 5.41) is 21.7. The lowest BCUT2D eigenvalue weighted by Gasteiger charge is -2.22. The van der Waals surface area contributed by atoms with Gasteiger partial charge in [0.15, 0.2) is 0 Å². The zero-order valence-corrected chi connectivity index (χ0v) is 10.8. The second-order valence-corrected chi connectivity index (χ2v) is 3.85. The molecule has 0 aliphatic carbocycles. The van der Waals surface area contributed by atoms with Crippen LogP contribution in [-0.2, 0) is 0 Å². The van der Waals surface area contributed by atoms with Crippen LogP contribution in [0.1, 0.15) is 0 Å². The molecule has 7 nitrogen and oxygen atoms in total. The fourth-order valence-corrected chi connectivity index (χ4v) is 1.64. The molecule has 0 atom stereocenters. The topological polar surface area (TPSA) is 90.3 Å². The van der Waals surface area contributed by atoms with Gasteiger partial charge in [0.1, 0.15) is 0 Å².